The number of nitrogens with zero attached hydrogens (tertiary/aromatic N) is 6. The molecule has 0 aliphatic carbocycles. The van der Waals surface area contributed by atoms with E-state index in [4.69, 9.17) is 30.0 Å². The van der Waals surface area contributed by atoms with Crippen LogP contribution >= 0.6 is 15.6 Å². The minimum absolute atomic E-state index is 0.0260. The van der Waals surface area contributed by atoms with E-state index < -0.39 is 58.6 Å². The molecule has 6 atom stereocenters. The highest BCUT2D eigenvalue weighted by Crippen LogP contribution is 2.50. The van der Waals surface area contributed by atoms with E-state index in [9.17, 15) is 28.6 Å². The minimum atomic E-state index is -4.89. The Morgan fingerprint density at radius 2 is 1.77 bits per heavy atom. The smallest absolute Gasteiger partial charge is 0.382 e. The van der Waals surface area contributed by atoms with Gasteiger partial charge in [0, 0.05) is 12.6 Å². The molecule has 6 heterocycles. The number of nitrogen functional groups attached to an aromatic ring is 2. The maximum absolute atomic E-state index is 13.0. The largest absolute Gasteiger partial charge is 0.472 e. The summed E-state index contributed by atoms with van der Waals surface area (Å²) in [7, 11) is -9.64. The van der Waals surface area contributed by atoms with Crippen molar-refractivity contribution in [1.82, 2.24) is 34.1 Å². The van der Waals surface area contributed by atoms with Gasteiger partial charge >= 0.3 is 15.6 Å². The van der Waals surface area contributed by atoms with Crippen molar-refractivity contribution in [3.05, 3.63) is 35.3 Å². The number of ether oxygens (including phenoxy) is 2. The molecule has 22 heteroatoms. The third kappa shape index (κ3) is 6.34. The Labute approximate surface area is 240 Å². The van der Waals surface area contributed by atoms with Gasteiger partial charge in [-0.15, -0.1) is 0 Å². The molecule has 43 heavy (non-hydrogen) atoms. The molecule has 6 rings (SSSR count). The Balaban J connectivity index is 1.11. The quantitative estimate of drug-likeness (QED) is 0.127. The number of H-pyrrole nitrogens is 1. The molecule has 2 saturated heterocycles. The van der Waals surface area contributed by atoms with Crippen LogP contribution in [0, 0.1) is 0 Å². The molecule has 2 aliphatic heterocycles. The molecular weight excluding hydrogens is 616 g/mol. The summed E-state index contributed by atoms with van der Waals surface area (Å²) in [5, 5.41) is 0. The van der Waals surface area contributed by atoms with E-state index in [0.717, 1.165) is 0 Å². The Hall–Kier alpha value is -3.29. The van der Waals surface area contributed by atoms with Crippen molar-refractivity contribution in [2.45, 2.75) is 50.0 Å². The number of aromatic nitrogens is 7. The second-order valence-electron chi connectivity index (χ2n) is 9.84. The molecular formula is C21H27N9O11P2. The molecule has 20 nitrogen and oxygen atoms in total. The van der Waals surface area contributed by atoms with Crippen LogP contribution in [0.3, 0.4) is 0 Å². The lowest BCUT2D eigenvalue weighted by Crippen LogP contribution is -2.28. The summed E-state index contributed by atoms with van der Waals surface area (Å²) in [6, 6.07) is 1.64. The Kier molecular flexibility index (Phi) is 7.84. The number of pyridine rings is 1. The lowest BCUT2D eigenvalue weighted by Gasteiger charge is -2.22. The van der Waals surface area contributed by atoms with Gasteiger partial charge in [0.15, 0.2) is 17.0 Å². The number of phosphoric acid groups is 2. The molecule has 0 spiro atoms. The number of fused-ring (bicyclic) bond motifs is 2. The second-order valence-corrected chi connectivity index (χ2v) is 12.5. The number of nitrogens with one attached hydrogen (secondary N) is 1. The van der Waals surface area contributed by atoms with E-state index in [-0.39, 0.29) is 36.0 Å². The topological polar surface area (TPSA) is 287 Å². The number of hydrogen-bond acceptors (Lipinski definition) is 14. The van der Waals surface area contributed by atoms with Gasteiger partial charge in [0.25, 0.3) is 5.56 Å². The number of hydrogen-bond donors (Lipinski definition) is 6. The summed E-state index contributed by atoms with van der Waals surface area (Å²) >= 11 is 0. The highest BCUT2D eigenvalue weighted by molar-refractivity contribution is 7.47. The number of anilines is 2. The van der Waals surface area contributed by atoms with Crippen LogP contribution in [-0.2, 0) is 32.2 Å². The number of nitrogens with two attached hydrogens (primary N) is 2. The Bertz CT molecular complexity index is 1810. The van der Waals surface area contributed by atoms with Crippen molar-refractivity contribution in [1.29, 1.82) is 0 Å². The lowest BCUT2D eigenvalue weighted by molar-refractivity contribution is -0.0475. The standard InChI is InChI=1S/C21H27N9O11P2/c22-18-16-11(3-4-24-18)29(8-25-16)15-5-12(13(40-15)7-37-42(32,33)34)41-43(35,36)38-6-10-1-2-14(39-10)30-9-26-17-19(30)27-21(23)28-20(17)31/h3-4,8-10,12-15H,1-2,5-7H2,(H2,22,24)(H,35,36)(H2,32,33,34)(H3,23,27,28,31)/t10-,12?,13+,14+,15+/m0/s1. The van der Waals surface area contributed by atoms with Gasteiger partial charge in [0.05, 0.1) is 37.5 Å². The average Bonchev–Trinajstić information content (AvgIpc) is 3.71. The van der Waals surface area contributed by atoms with Crippen LogP contribution in [0.2, 0.25) is 0 Å². The third-order valence-corrected chi connectivity index (χ3v) is 8.45. The van der Waals surface area contributed by atoms with Crippen LogP contribution < -0.4 is 17.0 Å². The van der Waals surface area contributed by atoms with Gasteiger partial charge in [0.1, 0.15) is 30.2 Å². The van der Waals surface area contributed by atoms with Crippen LogP contribution in [0.4, 0.5) is 11.8 Å². The van der Waals surface area contributed by atoms with E-state index in [0.29, 0.717) is 23.9 Å². The number of phosphoric ester groups is 2. The zero-order valence-electron chi connectivity index (χ0n) is 22.1. The predicted octanol–water partition coefficient (Wildman–Crippen LogP) is 0.305. The van der Waals surface area contributed by atoms with Crippen molar-refractivity contribution < 1.29 is 46.9 Å². The van der Waals surface area contributed by atoms with Crippen molar-refractivity contribution in [2.75, 3.05) is 24.7 Å². The molecule has 0 radical (unpaired) electrons. The summed E-state index contributed by atoms with van der Waals surface area (Å²) in [5.74, 6) is 0.101. The molecule has 2 unspecified atom stereocenters. The predicted molar refractivity (Wildman–Crippen MR) is 145 cm³/mol. The molecule has 232 valence electrons. The van der Waals surface area contributed by atoms with Gasteiger partial charge in [0.2, 0.25) is 5.95 Å². The number of imidazole rings is 2. The maximum atomic E-state index is 13.0. The third-order valence-electron chi connectivity index (χ3n) is 6.96. The van der Waals surface area contributed by atoms with Crippen LogP contribution in [0.5, 0.6) is 0 Å². The lowest BCUT2D eigenvalue weighted by atomic mass is 10.2. The van der Waals surface area contributed by atoms with Gasteiger partial charge in [-0.1, -0.05) is 0 Å². The number of aromatic amines is 1. The monoisotopic (exact) mass is 643 g/mol. The highest BCUT2D eigenvalue weighted by Gasteiger charge is 2.43. The van der Waals surface area contributed by atoms with Crippen LogP contribution in [-0.4, -0.2) is 80.3 Å². The molecule has 4 aromatic rings. The van der Waals surface area contributed by atoms with E-state index in [1.807, 2.05) is 0 Å². The first kappa shape index (κ1) is 29.8. The molecule has 2 fully saturated rings. The maximum Gasteiger partial charge on any atom is 0.472 e. The van der Waals surface area contributed by atoms with Crippen molar-refractivity contribution >= 4 is 49.6 Å². The second kappa shape index (κ2) is 11.3. The van der Waals surface area contributed by atoms with Gasteiger partial charge < -0.3 is 40.2 Å². The van der Waals surface area contributed by atoms with Crippen molar-refractivity contribution in [3.8, 4) is 0 Å². The summed E-state index contributed by atoms with van der Waals surface area (Å²) in [4.78, 5) is 59.7. The summed E-state index contributed by atoms with van der Waals surface area (Å²) in [6.07, 6.45) is 0.806. The first-order valence-electron chi connectivity index (χ1n) is 12.8. The van der Waals surface area contributed by atoms with Gasteiger partial charge in [-0.25, -0.2) is 24.1 Å². The first-order chi connectivity index (χ1) is 20.4. The molecule has 8 N–H and O–H groups in total. The Morgan fingerprint density at radius 1 is 1.00 bits per heavy atom. The van der Waals surface area contributed by atoms with Crippen LogP contribution in [0.25, 0.3) is 22.2 Å². The summed E-state index contributed by atoms with van der Waals surface area (Å²) < 4.78 is 54.5. The van der Waals surface area contributed by atoms with Gasteiger partial charge in [-0.2, -0.15) is 4.98 Å². The zero-order chi connectivity index (χ0) is 30.5. The normalized spacial score (nSPS) is 26.0. The SMILES string of the molecule is Nc1nc2c(ncn2[C@H]2CC[C@@H](COP(=O)(O)OC3C[C@H](n4cnc5c(N)nccc54)O[C@@H]3COP(=O)(O)O)O2)c(=O)[nH]1. The summed E-state index contributed by atoms with van der Waals surface area (Å²) in [6.45, 7) is -0.971. The Morgan fingerprint density at radius 3 is 2.56 bits per heavy atom. The molecule has 0 aromatic carbocycles. The number of rotatable bonds is 10. The van der Waals surface area contributed by atoms with E-state index in [1.165, 1.54) is 18.9 Å². The fourth-order valence-electron chi connectivity index (χ4n) is 5.06. The van der Waals surface area contributed by atoms with Crippen molar-refractivity contribution in [2.24, 2.45) is 0 Å². The zero-order valence-corrected chi connectivity index (χ0v) is 23.9. The van der Waals surface area contributed by atoms with E-state index >= 15 is 0 Å². The minimum Gasteiger partial charge on any atom is -0.382 e. The fourth-order valence-corrected chi connectivity index (χ4v) is 6.38. The van der Waals surface area contributed by atoms with Crippen molar-refractivity contribution in [3.63, 3.8) is 0 Å². The van der Waals surface area contributed by atoms with Gasteiger partial charge in [-0.05, 0) is 18.9 Å². The first-order valence-corrected chi connectivity index (χ1v) is 15.9. The molecule has 4 aromatic heterocycles. The van der Waals surface area contributed by atoms with Crippen LogP contribution in [0.1, 0.15) is 31.7 Å². The fraction of sp³-hybridized carbons (Fsp3) is 0.476. The summed E-state index contributed by atoms with van der Waals surface area (Å²) in [5.41, 5.74) is 12.3. The molecule has 0 saturated carbocycles. The van der Waals surface area contributed by atoms with Gasteiger partial charge in [-0.3, -0.25) is 27.9 Å². The average molecular weight is 643 g/mol. The molecule has 0 bridgehead atoms. The molecule has 0 amide bonds. The van der Waals surface area contributed by atoms with E-state index in [2.05, 4.69) is 29.4 Å². The molecule has 2 aliphatic rings. The van der Waals surface area contributed by atoms with Crippen LogP contribution in [0.15, 0.2) is 29.7 Å². The van der Waals surface area contributed by atoms with E-state index in [1.54, 1.807) is 15.2 Å². The highest BCUT2D eigenvalue weighted by atomic mass is 31.2.